The number of hydrogen-bond donors (Lipinski definition) is 9. The first kappa shape index (κ1) is 30.8. The number of carbonyl (C=O) groups is 5. The number of H-pyrrole nitrogens is 2. The van der Waals surface area contributed by atoms with E-state index in [2.05, 4.69) is 30.9 Å². The van der Waals surface area contributed by atoms with Gasteiger partial charge >= 0.3 is 5.97 Å². The molecule has 5 atom stereocenters. The molecule has 3 aromatic rings. The third-order valence-corrected chi connectivity index (χ3v) is 6.42. The predicted molar refractivity (Wildman–Crippen MR) is 146 cm³/mol. The van der Waals surface area contributed by atoms with Crippen LogP contribution in [0.2, 0.25) is 0 Å². The number of para-hydroxylation sites is 1. The number of nitrogens with two attached hydrogens (primary N) is 2. The molecule has 0 saturated carbocycles. The fraction of sp³-hybridized carbons (Fsp3) is 0.385. The number of carboxylic acid groups (broad SMARTS) is 1. The van der Waals surface area contributed by atoms with Gasteiger partial charge in [-0.15, -0.1) is 0 Å². The van der Waals surface area contributed by atoms with Crippen LogP contribution in [0, 0.1) is 0 Å². The van der Waals surface area contributed by atoms with Crippen molar-refractivity contribution in [2.45, 2.75) is 62.9 Å². The standard InChI is InChI=1S/C26H34N8O7/c1-13(35)22(26(40)41)34-25(39)20(8-14-10-30-18-5-3-2-4-16(14)18)33-24(38)19(6-7-21(28)36)32-23(37)17(27)9-15-11-29-12-31-15/h2-5,10-13,17,19-20,22,30,35H,6-9,27H2,1H3,(H2,28,36)(H,29,31)(H,32,37)(H,33,38)(H,34,39)(H,40,41). The zero-order valence-corrected chi connectivity index (χ0v) is 22.3. The van der Waals surface area contributed by atoms with Gasteiger partial charge in [0.05, 0.1) is 18.5 Å². The number of carboxylic acids is 1. The van der Waals surface area contributed by atoms with E-state index < -0.39 is 59.9 Å². The Labute approximate surface area is 234 Å². The number of imidazole rings is 1. The van der Waals surface area contributed by atoms with Crippen LogP contribution in [0.15, 0.2) is 43.0 Å². The first-order chi connectivity index (χ1) is 19.5. The predicted octanol–water partition coefficient (Wildman–Crippen LogP) is -1.81. The van der Waals surface area contributed by atoms with Crippen LogP contribution in [0.5, 0.6) is 0 Å². The molecular weight excluding hydrogens is 536 g/mol. The molecule has 0 bridgehead atoms. The number of aromatic nitrogens is 3. The van der Waals surface area contributed by atoms with Gasteiger partial charge in [0, 0.05) is 48.3 Å². The SMILES string of the molecule is CC(O)C(NC(=O)C(Cc1c[nH]c2ccccc12)NC(=O)C(CCC(N)=O)NC(=O)C(N)Cc1cnc[nH]1)C(=O)O. The molecule has 0 saturated heterocycles. The monoisotopic (exact) mass is 570 g/mol. The summed E-state index contributed by atoms with van der Waals surface area (Å²) in [6, 6.07) is 1.92. The molecule has 0 aliphatic carbocycles. The lowest BCUT2D eigenvalue weighted by molar-refractivity contribution is -0.145. The van der Waals surface area contributed by atoms with Crippen LogP contribution in [0.25, 0.3) is 10.9 Å². The third kappa shape index (κ3) is 8.61. The molecule has 0 aliphatic rings. The Hall–Kier alpha value is -4.76. The summed E-state index contributed by atoms with van der Waals surface area (Å²) in [5.74, 6) is -4.58. The maximum atomic E-state index is 13.4. The number of primary amides is 1. The summed E-state index contributed by atoms with van der Waals surface area (Å²) in [6.07, 6.45) is 2.74. The van der Waals surface area contributed by atoms with Crippen LogP contribution in [0.4, 0.5) is 0 Å². The lowest BCUT2D eigenvalue weighted by Gasteiger charge is -2.25. The summed E-state index contributed by atoms with van der Waals surface area (Å²) in [7, 11) is 0. The summed E-state index contributed by atoms with van der Waals surface area (Å²) in [4.78, 5) is 72.3. The van der Waals surface area contributed by atoms with Crippen molar-refractivity contribution in [3.63, 3.8) is 0 Å². The second-order valence-electron chi connectivity index (χ2n) is 9.64. The van der Waals surface area contributed by atoms with Gasteiger partial charge in [0.15, 0.2) is 6.04 Å². The largest absolute Gasteiger partial charge is 0.480 e. The molecule has 41 heavy (non-hydrogen) atoms. The fourth-order valence-electron chi connectivity index (χ4n) is 4.20. The molecule has 4 amide bonds. The summed E-state index contributed by atoms with van der Waals surface area (Å²) < 4.78 is 0. The lowest BCUT2D eigenvalue weighted by atomic mass is 10.0. The summed E-state index contributed by atoms with van der Waals surface area (Å²) in [5, 5.41) is 27.4. The molecule has 15 nitrogen and oxygen atoms in total. The van der Waals surface area contributed by atoms with Gasteiger partial charge in [-0.1, -0.05) is 18.2 Å². The van der Waals surface area contributed by atoms with Crippen molar-refractivity contribution >= 4 is 40.5 Å². The Balaban J connectivity index is 1.83. The summed E-state index contributed by atoms with van der Waals surface area (Å²) >= 11 is 0. The molecule has 1 aromatic carbocycles. The topological polar surface area (TPSA) is 258 Å². The van der Waals surface area contributed by atoms with Crippen LogP contribution in [-0.4, -0.2) is 85.0 Å². The van der Waals surface area contributed by atoms with E-state index in [1.54, 1.807) is 12.3 Å². The highest BCUT2D eigenvalue weighted by Gasteiger charge is 2.32. The zero-order valence-electron chi connectivity index (χ0n) is 22.3. The molecule has 2 aromatic heterocycles. The zero-order chi connectivity index (χ0) is 30.1. The van der Waals surface area contributed by atoms with Crippen LogP contribution >= 0.6 is 0 Å². The number of nitrogens with one attached hydrogen (secondary N) is 5. The summed E-state index contributed by atoms with van der Waals surface area (Å²) in [6.45, 7) is 1.20. The molecule has 0 fully saturated rings. The first-order valence-corrected chi connectivity index (χ1v) is 12.8. The normalized spacial score (nSPS) is 14.8. The molecule has 5 unspecified atom stereocenters. The Morgan fingerprint density at radius 1 is 0.976 bits per heavy atom. The molecular formula is C26H34N8O7. The number of benzene rings is 1. The van der Waals surface area contributed by atoms with Crippen molar-refractivity contribution in [1.82, 2.24) is 30.9 Å². The van der Waals surface area contributed by atoms with Crippen molar-refractivity contribution in [3.05, 3.63) is 54.2 Å². The smallest absolute Gasteiger partial charge is 0.328 e. The molecule has 0 spiro atoms. The minimum Gasteiger partial charge on any atom is -0.480 e. The highest BCUT2D eigenvalue weighted by atomic mass is 16.4. The number of hydrogen-bond acceptors (Lipinski definition) is 8. The van der Waals surface area contributed by atoms with Gasteiger partial charge in [0.2, 0.25) is 23.6 Å². The highest BCUT2D eigenvalue weighted by molar-refractivity contribution is 5.95. The van der Waals surface area contributed by atoms with Crippen molar-refractivity contribution in [3.8, 4) is 0 Å². The maximum absolute atomic E-state index is 13.4. The van der Waals surface area contributed by atoms with Gasteiger partial charge in [-0.2, -0.15) is 0 Å². The molecule has 11 N–H and O–H groups in total. The van der Waals surface area contributed by atoms with E-state index in [0.717, 1.165) is 10.9 Å². The first-order valence-electron chi connectivity index (χ1n) is 12.8. The van der Waals surface area contributed by atoms with E-state index in [1.165, 1.54) is 19.4 Å². The summed E-state index contributed by atoms with van der Waals surface area (Å²) in [5.41, 5.74) is 13.3. The number of fused-ring (bicyclic) bond motifs is 1. The second-order valence-corrected chi connectivity index (χ2v) is 9.64. The minimum atomic E-state index is -1.64. The minimum absolute atomic E-state index is 0.0659. The van der Waals surface area contributed by atoms with E-state index in [1.807, 2.05) is 18.2 Å². The number of nitrogens with zero attached hydrogens (tertiary/aromatic N) is 1. The lowest BCUT2D eigenvalue weighted by Crippen LogP contribution is -2.59. The Morgan fingerprint density at radius 3 is 2.29 bits per heavy atom. The molecule has 3 rings (SSSR count). The third-order valence-electron chi connectivity index (χ3n) is 6.42. The van der Waals surface area contributed by atoms with E-state index in [9.17, 15) is 34.2 Å². The number of aromatic amines is 2. The Kier molecular flexibility index (Phi) is 10.5. The van der Waals surface area contributed by atoms with Crippen LogP contribution in [-0.2, 0) is 36.8 Å². The van der Waals surface area contributed by atoms with Crippen LogP contribution < -0.4 is 27.4 Å². The average molecular weight is 571 g/mol. The number of aliphatic hydroxyl groups excluding tert-OH is 1. The van der Waals surface area contributed by atoms with Crippen molar-refractivity contribution < 1.29 is 34.2 Å². The maximum Gasteiger partial charge on any atom is 0.328 e. The highest BCUT2D eigenvalue weighted by Crippen LogP contribution is 2.19. The Bertz CT molecular complexity index is 1370. The van der Waals surface area contributed by atoms with Gasteiger partial charge in [0.1, 0.15) is 12.1 Å². The quantitative estimate of drug-likeness (QED) is 0.0995. The second kappa shape index (κ2) is 14.0. The average Bonchev–Trinajstić information content (AvgIpc) is 3.58. The number of aliphatic carboxylic acids is 1. The van der Waals surface area contributed by atoms with Crippen LogP contribution in [0.1, 0.15) is 31.0 Å². The molecule has 2 heterocycles. The van der Waals surface area contributed by atoms with E-state index >= 15 is 0 Å². The van der Waals surface area contributed by atoms with Gasteiger partial charge in [0.25, 0.3) is 0 Å². The van der Waals surface area contributed by atoms with Gasteiger partial charge in [-0.05, 0) is 25.0 Å². The van der Waals surface area contributed by atoms with E-state index in [-0.39, 0.29) is 25.7 Å². The fourth-order valence-corrected chi connectivity index (χ4v) is 4.20. The molecule has 15 heteroatoms. The molecule has 0 aliphatic heterocycles. The number of carbonyl (C=O) groups excluding carboxylic acids is 4. The van der Waals surface area contributed by atoms with Crippen molar-refractivity contribution in [2.75, 3.05) is 0 Å². The Morgan fingerprint density at radius 2 is 1.66 bits per heavy atom. The van der Waals surface area contributed by atoms with Crippen LogP contribution in [0.3, 0.4) is 0 Å². The molecule has 0 radical (unpaired) electrons. The number of amides is 4. The molecule has 220 valence electrons. The number of aliphatic hydroxyl groups is 1. The van der Waals surface area contributed by atoms with Gasteiger partial charge < -0.3 is 47.6 Å². The number of rotatable bonds is 15. The van der Waals surface area contributed by atoms with Gasteiger partial charge in [-0.25, -0.2) is 9.78 Å². The van der Waals surface area contributed by atoms with Crippen molar-refractivity contribution in [1.29, 1.82) is 0 Å². The van der Waals surface area contributed by atoms with Crippen molar-refractivity contribution in [2.24, 2.45) is 11.5 Å². The van der Waals surface area contributed by atoms with E-state index in [4.69, 9.17) is 11.5 Å². The van der Waals surface area contributed by atoms with Gasteiger partial charge in [-0.3, -0.25) is 19.2 Å². The van der Waals surface area contributed by atoms with E-state index in [0.29, 0.717) is 11.3 Å².